The molecule has 134 valence electrons. The van der Waals surface area contributed by atoms with E-state index in [9.17, 15) is 31.1 Å². The summed E-state index contributed by atoms with van der Waals surface area (Å²) >= 11 is 0. The van der Waals surface area contributed by atoms with Gasteiger partial charge in [0.2, 0.25) is 0 Å². The lowest BCUT2D eigenvalue weighted by Gasteiger charge is -2.37. The van der Waals surface area contributed by atoms with Crippen LogP contribution in [0.25, 0.3) is 0 Å². The molecule has 1 fully saturated rings. The summed E-state index contributed by atoms with van der Waals surface area (Å²) in [5.41, 5.74) is -0.0408. The highest BCUT2D eigenvalue weighted by molar-refractivity contribution is 5.75. The van der Waals surface area contributed by atoms with Crippen LogP contribution >= 0.6 is 0 Å². The molecule has 0 aromatic heterocycles. The molecule has 0 spiro atoms. The molecular formula is C15H15F6NO2. The lowest BCUT2D eigenvalue weighted by molar-refractivity contribution is -0.258. The molecule has 24 heavy (non-hydrogen) atoms. The van der Waals surface area contributed by atoms with Crippen LogP contribution in [0.2, 0.25) is 0 Å². The molecule has 0 bridgehead atoms. The van der Waals surface area contributed by atoms with Crippen molar-refractivity contribution in [2.24, 2.45) is 5.92 Å². The van der Waals surface area contributed by atoms with Crippen molar-refractivity contribution in [3.63, 3.8) is 0 Å². The minimum atomic E-state index is -5.06. The number of benzene rings is 1. The molecule has 0 saturated carbocycles. The van der Waals surface area contributed by atoms with Crippen LogP contribution in [0.1, 0.15) is 23.1 Å². The van der Waals surface area contributed by atoms with Gasteiger partial charge in [0.1, 0.15) is 0 Å². The smallest absolute Gasteiger partial charge is 0.361 e. The van der Waals surface area contributed by atoms with Crippen LogP contribution < -0.4 is 0 Å². The fourth-order valence-corrected chi connectivity index (χ4v) is 2.48. The van der Waals surface area contributed by atoms with E-state index in [1.54, 1.807) is 13.0 Å². The third-order valence-electron chi connectivity index (χ3n) is 3.76. The summed E-state index contributed by atoms with van der Waals surface area (Å²) in [5.74, 6) is -2.41. The first kappa shape index (κ1) is 18.6. The second-order valence-electron chi connectivity index (χ2n) is 5.79. The van der Waals surface area contributed by atoms with Crippen molar-refractivity contribution in [2.75, 3.05) is 13.1 Å². The molecule has 0 aliphatic carbocycles. The summed E-state index contributed by atoms with van der Waals surface area (Å²) in [6.45, 7) is 1.72. The molecule has 1 aliphatic rings. The lowest BCUT2D eigenvalue weighted by Crippen LogP contribution is -2.49. The molecule has 2 rings (SSSR count). The monoisotopic (exact) mass is 355 g/mol. The van der Waals surface area contributed by atoms with Gasteiger partial charge in [0, 0.05) is 13.1 Å². The SMILES string of the molecule is Cc1ccc(CCC2CN(OC(=O)C(F)(F)F)C2)c(C(F)(F)F)c1. The lowest BCUT2D eigenvalue weighted by atomic mass is 9.92. The first-order valence-electron chi connectivity index (χ1n) is 7.17. The number of nitrogens with zero attached hydrogens (tertiary/aromatic N) is 1. The van der Waals surface area contributed by atoms with Gasteiger partial charge in [-0.25, -0.2) is 4.79 Å². The number of hydrogen-bond donors (Lipinski definition) is 0. The van der Waals surface area contributed by atoms with Crippen molar-refractivity contribution in [3.05, 3.63) is 34.9 Å². The summed E-state index contributed by atoms with van der Waals surface area (Å²) in [6.07, 6.45) is -8.99. The van der Waals surface area contributed by atoms with Gasteiger partial charge in [0.25, 0.3) is 0 Å². The standard InChI is InChI=1S/C15H15F6NO2/c1-9-2-4-11(12(6-9)14(16,17)18)5-3-10-7-22(8-10)24-13(23)15(19,20)21/h2,4,6,10H,3,5,7-8H2,1H3. The van der Waals surface area contributed by atoms with Gasteiger partial charge in [-0.2, -0.15) is 26.3 Å². The second kappa shape index (κ2) is 6.62. The first-order valence-corrected chi connectivity index (χ1v) is 7.17. The van der Waals surface area contributed by atoms with Gasteiger partial charge in [-0.15, -0.1) is 5.06 Å². The molecule has 1 aromatic rings. The molecule has 1 heterocycles. The Morgan fingerprint density at radius 3 is 2.38 bits per heavy atom. The fourth-order valence-electron chi connectivity index (χ4n) is 2.48. The highest BCUT2D eigenvalue weighted by atomic mass is 19.4. The summed E-state index contributed by atoms with van der Waals surface area (Å²) in [4.78, 5) is 14.7. The number of aryl methyl sites for hydroxylation is 2. The normalized spacial score (nSPS) is 16.8. The van der Waals surface area contributed by atoms with Crippen molar-refractivity contribution in [2.45, 2.75) is 32.1 Å². The number of carbonyl (C=O) groups is 1. The van der Waals surface area contributed by atoms with Crippen LogP contribution in [0.3, 0.4) is 0 Å². The zero-order chi connectivity index (χ0) is 18.1. The van der Waals surface area contributed by atoms with Crippen LogP contribution in [-0.4, -0.2) is 30.3 Å². The Morgan fingerprint density at radius 1 is 1.21 bits per heavy atom. The van der Waals surface area contributed by atoms with Gasteiger partial charge < -0.3 is 4.84 Å². The van der Waals surface area contributed by atoms with Gasteiger partial charge in [-0.3, -0.25) is 0 Å². The van der Waals surface area contributed by atoms with Crippen LogP contribution in [-0.2, 0) is 22.2 Å². The second-order valence-corrected chi connectivity index (χ2v) is 5.79. The highest BCUT2D eigenvalue weighted by Crippen LogP contribution is 2.34. The van der Waals surface area contributed by atoms with Crippen LogP contribution in [0, 0.1) is 12.8 Å². The van der Waals surface area contributed by atoms with Crippen LogP contribution in [0.5, 0.6) is 0 Å². The van der Waals surface area contributed by atoms with Gasteiger partial charge in [0.15, 0.2) is 0 Å². The maximum atomic E-state index is 13.0. The largest absolute Gasteiger partial charge is 0.492 e. The predicted molar refractivity (Wildman–Crippen MR) is 71.7 cm³/mol. The van der Waals surface area contributed by atoms with E-state index in [2.05, 4.69) is 4.84 Å². The van der Waals surface area contributed by atoms with Gasteiger partial charge >= 0.3 is 18.3 Å². The van der Waals surface area contributed by atoms with E-state index in [1.807, 2.05) is 0 Å². The van der Waals surface area contributed by atoms with E-state index in [4.69, 9.17) is 0 Å². The molecule has 1 aliphatic heterocycles. The van der Waals surface area contributed by atoms with E-state index >= 15 is 0 Å². The predicted octanol–water partition coefficient (Wildman–Crippen LogP) is 3.90. The highest BCUT2D eigenvalue weighted by Gasteiger charge is 2.44. The third kappa shape index (κ3) is 4.62. The molecule has 0 atom stereocenters. The Labute approximate surface area is 134 Å². The van der Waals surface area contributed by atoms with E-state index in [0.717, 1.165) is 11.1 Å². The quantitative estimate of drug-likeness (QED) is 0.768. The first-order chi connectivity index (χ1) is 11.0. The molecular weight excluding hydrogens is 340 g/mol. The molecule has 0 N–H and O–H groups in total. The summed E-state index contributed by atoms with van der Waals surface area (Å²) in [6, 6.07) is 4.08. The number of hydrogen-bond acceptors (Lipinski definition) is 3. The Balaban J connectivity index is 1.86. The number of rotatable bonds is 4. The van der Waals surface area contributed by atoms with E-state index < -0.39 is 23.9 Å². The third-order valence-corrected chi connectivity index (χ3v) is 3.76. The van der Waals surface area contributed by atoms with Crippen molar-refractivity contribution in [3.8, 4) is 0 Å². The average Bonchev–Trinajstić information content (AvgIpc) is 2.39. The molecule has 9 heteroatoms. The summed E-state index contributed by atoms with van der Waals surface area (Å²) in [7, 11) is 0. The summed E-state index contributed by atoms with van der Waals surface area (Å²) in [5, 5.41) is 0.861. The van der Waals surface area contributed by atoms with Crippen molar-refractivity contribution < 1.29 is 36.0 Å². The number of carbonyl (C=O) groups excluding carboxylic acids is 1. The number of halogens is 6. The zero-order valence-electron chi connectivity index (χ0n) is 12.7. The van der Waals surface area contributed by atoms with E-state index in [1.165, 1.54) is 6.07 Å². The molecule has 3 nitrogen and oxygen atoms in total. The van der Waals surface area contributed by atoms with E-state index in [0.29, 0.717) is 12.0 Å². The molecule has 0 amide bonds. The summed E-state index contributed by atoms with van der Waals surface area (Å²) < 4.78 is 75.0. The van der Waals surface area contributed by atoms with Crippen molar-refractivity contribution in [1.82, 2.24) is 5.06 Å². The Morgan fingerprint density at radius 2 is 1.83 bits per heavy atom. The topological polar surface area (TPSA) is 29.5 Å². The minimum absolute atomic E-state index is 0.0784. The Kier molecular flexibility index (Phi) is 5.12. The Hall–Kier alpha value is -1.77. The maximum Gasteiger partial charge on any atom is 0.492 e. The average molecular weight is 355 g/mol. The molecule has 1 aromatic carbocycles. The van der Waals surface area contributed by atoms with Gasteiger partial charge in [-0.05, 0) is 37.3 Å². The maximum absolute atomic E-state index is 13.0. The molecule has 0 unspecified atom stereocenters. The minimum Gasteiger partial charge on any atom is -0.361 e. The van der Waals surface area contributed by atoms with E-state index in [-0.39, 0.29) is 31.0 Å². The fraction of sp³-hybridized carbons (Fsp3) is 0.533. The van der Waals surface area contributed by atoms with Gasteiger partial charge in [-0.1, -0.05) is 17.7 Å². The van der Waals surface area contributed by atoms with Crippen LogP contribution in [0.4, 0.5) is 26.3 Å². The number of alkyl halides is 6. The van der Waals surface area contributed by atoms with Crippen molar-refractivity contribution >= 4 is 5.97 Å². The number of hydroxylamine groups is 2. The Bertz CT molecular complexity index is 605. The molecule has 0 radical (unpaired) electrons. The molecule has 1 saturated heterocycles. The zero-order valence-corrected chi connectivity index (χ0v) is 12.7. The van der Waals surface area contributed by atoms with Gasteiger partial charge in [0.05, 0.1) is 5.56 Å². The van der Waals surface area contributed by atoms with Crippen molar-refractivity contribution in [1.29, 1.82) is 0 Å². The van der Waals surface area contributed by atoms with Crippen LogP contribution in [0.15, 0.2) is 18.2 Å².